The number of carbonyl (C=O) groups is 1. The Morgan fingerprint density at radius 3 is 2.58 bits per heavy atom. The number of methoxy groups -OCH3 is 1. The molecule has 0 fully saturated rings. The Morgan fingerprint density at radius 2 is 1.95 bits per heavy atom. The maximum Gasteiger partial charge on any atom is 0.171 e. The Hall–Kier alpha value is -1.45. The van der Waals surface area contributed by atoms with Gasteiger partial charge in [0.1, 0.15) is 11.6 Å². The van der Waals surface area contributed by atoms with Gasteiger partial charge in [-0.05, 0) is 31.4 Å². The molecule has 0 aliphatic heterocycles. The van der Waals surface area contributed by atoms with Crippen LogP contribution in [0.3, 0.4) is 0 Å². The fourth-order valence-corrected chi connectivity index (χ4v) is 1.94. The first kappa shape index (κ1) is 15.6. The van der Waals surface area contributed by atoms with Crippen LogP contribution in [0, 0.1) is 11.6 Å². The highest BCUT2D eigenvalue weighted by molar-refractivity contribution is 5.77. The van der Waals surface area contributed by atoms with E-state index in [1.54, 1.807) is 0 Å². The minimum Gasteiger partial charge on any atom is -0.494 e. The van der Waals surface area contributed by atoms with Crippen molar-refractivity contribution in [1.29, 1.82) is 0 Å². The molecule has 0 unspecified atom stereocenters. The van der Waals surface area contributed by atoms with Crippen LogP contribution in [0.4, 0.5) is 8.78 Å². The minimum absolute atomic E-state index is 0.0672. The molecule has 0 bridgehead atoms. The molecule has 0 atom stereocenters. The zero-order chi connectivity index (χ0) is 14.3. The second kappa shape index (κ2) is 7.87. The van der Waals surface area contributed by atoms with Crippen LogP contribution in [0.1, 0.15) is 44.6 Å². The summed E-state index contributed by atoms with van der Waals surface area (Å²) in [5.41, 5.74) is 0.0705. The summed E-state index contributed by atoms with van der Waals surface area (Å²) in [5.74, 6) is -0.855. The average molecular weight is 270 g/mol. The molecule has 19 heavy (non-hydrogen) atoms. The zero-order valence-corrected chi connectivity index (χ0v) is 11.5. The van der Waals surface area contributed by atoms with Gasteiger partial charge in [0.05, 0.1) is 7.11 Å². The fourth-order valence-electron chi connectivity index (χ4n) is 1.94. The molecule has 0 heterocycles. The van der Waals surface area contributed by atoms with E-state index in [1.807, 2.05) is 6.92 Å². The molecule has 0 aromatic heterocycles. The summed E-state index contributed by atoms with van der Waals surface area (Å²) in [7, 11) is 1.36. The lowest BCUT2D eigenvalue weighted by atomic mass is 10.0. The molecule has 106 valence electrons. The largest absolute Gasteiger partial charge is 0.494 e. The molecule has 1 aromatic rings. The Labute approximate surface area is 112 Å². The van der Waals surface area contributed by atoms with E-state index in [0.29, 0.717) is 25.7 Å². The van der Waals surface area contributed by atoms with Crippen LogP contribution >= 0.6 is 0 Å². The first-order chi connectivity index (χ1) is 9.10. The maximum atomic E-state index is 13.8. The highest BCUT2D eigenvalue weighted by Crippen LogP contribution is 2.24. The summed E-state index contributed by atoms with van der Waals surface area (Å²) in [6.45, 7) is 1.84. The van der Waals surface area contributed by atoms with Crippen molar-refractivity contribution in [3.8, 4) is 5.75 Å². The van der Waals surface area contributed by atoms with Crippen molar-refractivity contribution in [1.82, 2.24) is 0 Å². The van der Waals surface area contributed by atoms with Gasteiger partial charge in [0, 0.05) is 18.4 Å². The third kappa shape index (κ3) is 4.62. The summed E-state index contributed by atoms with van der Waals surface area (Å²) in [6.07, 6.45) is 3.67. The van der Waals surface area contributed by atoms with Crippen molar-refractivity contribution in [3.63, 3.8) is 0 Å². The van der Waals surface area contributed by atoms with E-state index in [4.69, 9.17) is 4.74 Å². The molecular weight excluding hydrogens is 250 g/mol. The van der Waals surface area contributed by atoms with Crippen LogP contribution in [0.2, 0.25) is 0 Å². The first-order valence-corrected chi connectivity index (χ1v) is 6.62. The topological polar surface area (TPSA) is 26.3 Å². The predicted octanol–water partition coefficient (Wildman–Crippen LogP) is 4.06. The van der Waals surface area contributed by atoms with E-state index in [1.165, 1.54) is 19.2 Å². The summed E-state index contributed by atoms with van der Waals surface area (Å²) in [5, 5.41) is 0. The zero-order valence-electron chi connectivity index (χ0n) is 11.5. The maximum absolute atomic E-state index is 13.8. The number of benzene rings is 1. The van der Waals surface area contributed by atoms with Crippen molar-refractivity contribution in [3.05, 3.63) is 29.3 Å². The Bertz CT molecular complexity index is 430. The number of hydrogen-bond donors (Lipinski definition) is 0. The van der Waals surface area contributed by atoms with E-state index >= 15 is 0 Å². The molecule has 0 saturated carbocycles. The molecule has 0 radical (unpaired) electrons. The number of ether oxygens (including phenoxy) is 1. The van der Waals surface area contributed by atoms with Crippen LogP contribution < -0.4 is 4.74 Å². The number of hydrogen-bond acceptors (Lipinski definition) is 2. The second-order valence-electron chi connectivity index (χ2n) is 4.50. The van der Waals surface area contributed by atoms with Crippen molar-refractivity contribution < 1.29 is 18.3 Å². The molecule has 1 rings (SSSR count). The van der Waals surface area contributed by atoms with Crippen molar-refractivity contribution in [2.45, 2.75) is 45.4 Å². The molecule has 0 aliphatic rings. The predicted molar refractivity (Wildman–Crippen MR) is 70.4 cm³/mol. The summed E-state index contributed by atoms with van der Waals surface area (Å²) < 4.78 is 32.1. The molecule has 0 spiro atoms. The van der Waals surface area contributed by atoms with Gasteiger partial charge in [-0.25, -0.2) is 8.78 Å². The average Bonchev–Trinajstić information content (AvgIpc) is 2.41. The van der Waals surface area contributed by atoms with Crippen LogP contribution in [0.25, 0.3) is 0 Å². The minimum atomic E-state index is -0.618. The smallest absolute Gasteiger partial charge is 0.171 e. The summed E-state index contributed by atoms with van der Waals surface area (Å²) in [6, 6.07) is 2.51. The highest BCUT2D eigenvalue weighted by Gasteiger charge is 2.13. The van der Waals surface area contributed by atoms with Crippen molar-refractivity contribution in [2.24, 2.45) is 0 Å². The number of unbranched alkanes of at least 4 members (excludes halogenated alkanes) is 2. The Kier molecular flexibility index (Phi) is 6.46. The molecule has 4 heteroatoms. The van der Waals surface area contributed by atoms with E-state index in [9.17, 15) is 13.6 Å². The van der Waals surface area contributed by atoms with Gasteiger partial charge in [0.25, 0.3) is 0 Å². The number of Topliss-reactive ketones (excluding diaryl/α,β-unsaturated/α-hetero) is 1. The van der Waals surface area contributed by atoms with E-state index in [-0.39, 0.29) is 17.1 Å². The van der Waals surface area contributed by atoms with Crippen LogP contribution in [0.15, 0.2) is 12.1 Å². The molecule has 0 amide bonds. The number of halogens is 2. The van der Waals surface area contributed by atoms with Gasteiger partial charge in [-0.1, -0.05) is 13.3 Å². The van der Waals surface area contributed by atoms with E-state index in [0.717, 1.165) is 12.8 Å². The monoisotopic (exact) mass is 270 g/mol. The van der Waals surface area contributed by atoms with Gasteiger partial charge in [0.15, 0.2) is 11.6 Å². The van der Waals surface area contributed by atoms with Crippen LogP contribution in [0.5, 0.6) is 5.75 Å². The molecule has 2 nitrogen and oxygen atoms in total. The van der Waals surface area contributed by atoms with Gasteiger partial charge in [-0.2, -0.15) is 0 Å². The molecular formula is C15H20F2O2. The van der Waals surface area contributed by atoms with Crippen LogP contribution in [-0.2, 0) is 11.2 Å². The van der Waals surface area contributed by atoms with Gasteiger partial charge in [0.2, 0.25) is 0 Å². The molecule has 1 aromatic carbocycles. The standard InChI is InChI=1S/C15H20F2O2/c1-3-11(18)7-5-4-6-8-12-13(16)9-10-14(19-2)15(12)17/h9-10H,3-8H2,1-2H3. The van der Waals surface area contributed by atoms with Crippen molar-refractivity contribution in [2.75, 3.05) is 7.11 Å². The number of rotatable bonds is 8. The SMILES string of the molecule is CCC(=O)CCCCCc1c(F)ccc(OC)c1F. The summed E-state index contributed by atoms with van der Waals surface area (Å²) >= 11 is 0. The van der Waals surface area contributed by atoms with Gasteiger partial charge < -0.3 is 4.74 Å². The molecule has 0 N–H and O–H groups in total. The lowest BCUT2D eigenvalue weighted by molar-refractivity contribution is -0.118. The highest BCUT2D eigenvalue weighted by atomic mass is 19.1. The van der Waals surface area contributed by atoms with Gasteiger partial charge in [-0.3, -0.25) is 4.79 Å². The second-order valence-corrected chi connectivity index (χ2v) is 4.50. The van der Waals surface area contributed by atoms with Crippen molar-refractivity contribution >= 4 is 5.78 Å². The number of ketones is 1. The third-order valence-electron chi connectivity index (χ3n) is 3.15. The molecule has 0 saturated heterocycles. The number of carbonyl (C=O) groups excluding carboxylic acids is 1. The lowest BCUT2D eigenvalue weighted by Gasteiger charge is -2.08. The third-order valence-corrected chi connectivity index (χ3v) is 3.15. The lowest BCUT2D eigenvalue weighted by Crippen LogP contribution is -2.00. The Morgan fingerprint density at radius 1 is 1.21 bits per heavy atom. The quantitative estimate of drug-likeness (QED) is 0.666. The van der Waals surface area contributed by atoms with E-state index < -0.39 is 11.6 Å². The van der Waals surface area contributed by atoms with Gasteiger partial charge >= 0.3 is 0 Å². The normalized spacial score (nSPS) is 10.5. The first-order valence-electron chi connectivity index (χ1n) is 6.62. The summed E-state index contributed by atoms with van der Waals surface area (Å²) in [4.78, 5) is 11.1. The molecule has 0 aliphatic carbocycles. The van der Waals surface area contributed by atoms with Crippen LogP contribution in [-0.4, -0.2) is 12.9 Å². The fraction of sp³-hybridized carbons (Fsp3) is 0.533. The van der Waals surface area contributed by atoms with Gasteiger partial charge in [-0.15, -0.1) is 0 Å². The van der Waals surface area contributed by atoms with E-state index in [2.05, 4.69) is 0 Å². The Balaban J connectivity index is 2.47.